The third kappa shape index (κ3) is 3.50. The summed E-state index contributed by atoms with van der Waals surface area (Å²) in [6.07, 6.45) is 0. The lowest BCUT2D eigenvalue weighted by atomic mass is 10.1. The minimum absolute atomic E-state index is 0.162. The van der Waals surface area contributed by atoms with Crippen molar-refractivity contribution in [2.24, 2.45) is 0 Å². The maximum absolute atomic E-state index is 13.5. The fourth-order valence-corrected chi connectivity index (χ4v) is 5.84. The molecule has 3 rings (SSSR count). The van der Waals surface area contributed by atoms with Gasteiger partial charge in [-0.15, -0.1) is 0 Å². The number of nitrogens with zero attached hydrogens (tertiary/aromatic N) is 2. The fraction of sp³-hybridized carbons (Fsp3) is 0.400. The molecule has 1 aliphatic heterocycles. The molecule has 0 radical (unpaired) electrons. The normalized spacial score (nSPS) is 19.9. The second kappa shape index (κ2) is 6.90. The maximum Gasteiger partial charge on any atom is 0.244 e. The first-order valence-corrected chi connectivity index (χ1v) is 10.1. The summed E-state index contributed by atoms with van der Waals surface area (Å²) >= 11 is 0. The molecule has 0 aliphatic carbocycles. The number of likely N-dealkylation sites (N-methyl/N-ethyl adjacent to an activating group) is 1. The highest BCUT2D eigenvalue weighted by atomic mass is 32.2. The van der Waals surface area contributed by atoms with Crippen molar-refractivity contribution in [3.8, 4) is 0 Å². The second-order valence-electron chi connectivity index (χ2n) is 7.03. The van der Waals surface area contributed by atoms with E-state index in [0.717, 1.165) is 28.8 Å². The number of sulfonamides is 1. The number of hydrogen-bond donors (Lipinski definition) is 0. The SMILES string of the molecule is Cc1cc(C)c(S(=O)(=O)N2CCN(C)C[C@H]2c2ccccc2)c(C)c1. The summed E-state index contributed by atoms with van der Waals surface area (Å²) in [4.78, 5) is 2.65. The lowest BCUT2D eigenvalue weighted by molar-refractivity contribution is 0.160. The van der Waals surface area contributed by atoms with Crippen molar-refractivity contribution in [1.82, 2.24) is 9.21 Å². The third-order valence-electron chi connectivity index (χ3n) is 4.89. The van der Waals surface area contributed by atoms with Gasteiger partial charge in [0, 0.05) is 19.6 Å². The fourth-order valence-electron chi connectivity index (χ4n) is 3.83. The van der Waals surface area contributed by atoms with Crippen LogP contribution in [0.1, 0.15) is 28.3 Å². The highest BCUT2D eigenvalue weighted by Gasteiger charge is 2.37. The topological polar surface area (TPSA) is 40.6 Å². The van der Waals surface area contributed by atoms with Gasteiger partial charge in [-0.05, 0) is 44.5 Å². The first kappa shape index (κ1) is 18.1. The molecule has 0 unspecified atom stereocenters. The molecule has 1 aliphatic rings. The van der Waals surface area contributed by atoms with Gasteiger partial charge in [0.1, 0.15) is 0 Å². The molecule has 0 spiro atoms. The van der Waals surface area contributed by atoms with E-state index in [2.05, 4.69) is 4.90 Å². The molecular weight excluding hydrogens is 332 g/mol. The molecule has 134 valence electrons. The highest BCUT2D eigenvalue weighted by molar-refractivity contribution is 7.89. The predicted molar refractivity (Wildman–Crippen MR) is 101 cm³/mol. The Morgan fingerprint density at radius 1 is 0.960 bits per heavy atom. The van der Waals surface area contributed by atoms with Crippen LogP contribution in [0, 0.1) is 20.8 Å². The van der Waals surface area contributed by atoms with Gasteiger partial charge in [0.25, 0.3) is 0 Å². The quantitative estimate of drug-likeness (QED) is 0.845. The largest absolute Gasteiger partial charge is 0.303 e. The molecule has 2 aromatic carbocycles. The van der Waals surface area contributed by atoms with Gasteiger partial charge >= 0.3 is 0 Å². The van der Waals surface area contributed by atoms with E-state index in [1.165, 1.54) is 0 Å². The molecule has 0 bridgehead atoms. The summed E-state index contributed by atoms with van der Waals surface area (Å²) in [5.74, 6) is 0. The first-order chi connectivity index (χ1) is 11.8. The summed E-state index contributed by atoms with van der Waals surface area (Å²) in [7, 11) is -1.51. The Morgan fingerprint density at radius 2 is 1.56 bits per heavy atom. The Balaban J connectivity index is 2.09. The van der Waals surface area contributed by atoms with E-state index in [9.17, 15) is 8.42 Å². The van der Waals surface area contributed by atoms with Gasteiger partial charge in [0.2, 0.25) is 10.0 Å². The molecule has 1 fully saturated rings. The molecule has 2 aromatic rings. The van der Waals surface area contributed by atoms with Crippen LogP contribution in [-0.2, 0) is 10.0 Å². The van der Waals surface area contributed by atoms with Crippen LogP contribution in [0.5, 0.6) is 0 Å². The standard InChI is InChI=1S/C20H26N2O2S/c1-15-12-16(2)20(17(3)13-15)25(23,24)22-11-10-21(4)14-19(22)18-8-6-5-7-9-18/h5-9,12-13,19H,10-11,14H2,1-4H3/t19-/m0/s1. The molecule has 5 heteroatoms. The number of rotatable bonds is 3. The zero-order valence-corrected chi connectivity index (χ0v) is 16.2. The van der Waals surface area contributed by atoms with Crippen molar-refractivity contribution in [1.29, 1.82) is 0 Å². The van der Waals surface area contributed by atoms with Crippen LogP contribution in [-0.4, -0.2) is 44.3 Å². The van der Waals surface area contributed by atoms with E-state index < -0.39 is 10.0 Å². The Kier molecular flexibility index (Phi) is 5.00. The molecular formula is C20H26N2O2S. The smallest absolute Gasteiger partial charge is 0.244 e. The predicted octanol–water partition coefficient (Wildman–Crippen LogP) is 3.29. The maximum atomic E-state index is 13.5. The van der Waals surface area contributed by atoms with E-state index in [0.29, 0.717) is 18.0 Å². The average molecular weight is 359 g/mol. The van der Waals surface area contributed by atoms with Crippen LogP contribution >= 0.6 is 0 Å². The highest BCUT2D eigenvalue weighted by Crippen LogP contribution is 2.33. The van der Waals surface area contributed by atoms with Crippen molar-refractivity contribution in [3.63, 3.8) is 0 Å². The van der Waals surface area contributed by atoms with E-state index in [1.54, 1.807) is 4.31 Å². The minimum atomic E-state index is -3.55. The Hall–Kier alpha value is -1.69. The van der Waals surface area contributed by atoms with Crippen LogP contribution in [0.4, 0.5) is 0 Å². The zero-order valence-electron chi connectivity index (χ0n) is 15.4. The second-order valence-corrected chi connectivity index (χ2v) is 8.86. The van der Waals surface area contributed by atoms with Gasteiger partial charge in [0.05, 0.1) is 10.9 Å². The molecule has 1 atom stereocenters. The molecule has 1 heterocycles. The van der Waals surface area contributed by atoms with E-state index in [4.69, 9.17) is 0 Å². The first-order valence-electron chi connectivity index (χ1n) is 8.64. The number of hydrogen-bond acceptors (Lipinski definition) is 3. The lowest BCUT2D eigenvalue weighted by Crippen LogP contribution is -2.49. The van der Waals surface area contributed by atoms with E-state index >= 15 is 0 Å². The third-order valence-corrected chi connectivity index (χ3v) is 7.10. The van der Waals surface area contributed by atoms with Crippen LogP contribution < -0.4 is 0 Å². The van der Waals surface area contributed by atoms with Gasteiger partial charge < -0.3 is 4.90 Å². The van der Waals surface area contributed by atoms with Crippen molar-refractivity contribution in [2.45, 2.75) is 31.7 Å². The van der Waals surface area contributed by atoms with E-state index in [1.807, 2.05) is 70.3 Å². The average Bonchev–Trinajstić information content (AvgIpc) is 2.54. The molecule has 1 saturated heterocycles. The van der Waals surface area contributed by atoms with Crippen molar-refractivity contribution in [3.05, 3.63) is 64.7 Å². The van der Waals surface area contributed by atoms with Crippen LogP contribution in [0.25, 0.3) is 0 Å². The Labute approximate surface area is 151 Å². The minimum Gasteiger partial charge on any atom is -0.303 e. The summed E-state index contributed by atoms with van der Waals surface area (Å²) in [6, 6.07) is 13.7. The lowest BCUT2D eigenvalue weighted by Gasteiger charge is -2.39. The summed E-state index contributed by atoms with van der Waals surface area (Å²) in [5, 5.41) is 0. The number of benzene rings is 2. The summed E-state index contributed by atoms with van der Waals surface area (Å²) in [5.41, 5.74) is 3.78. The summed E-state index contributed by atoms with van der Waals surface area (Å²) < 4.78 is 28.8. The van der Waals surface area contributed by atoms with Gasteiger partial charge in [-0.1, -0.05) is 48.0 Å². The molecule has 25 heavy (non-hydrogen) atoms. The molecule has 0 aromatic heterocycles. The molecule has 0 amide bonds. The van der Waals surface area contributed by atoms with Crippen molar-refractivity contribution >= 4 is 10.0 Å². The molecule has 0 N–H and O–H groups in total. The monoisotopic (exact) mass is 358 g/mol. The Morgan fingerprint density at radius 3 is 2.16 bits per heavy atom. The van der Waals surface area contributed by atoms with Crippen LogP contribution in [0.15, 0.2) is 47.4 Å². The summed E-state index contributed by atoms with van der Waals surface area (Å²) in [6.45, 7) is 7.73. The van der Waals surface area contributed by atoms with Gasteiger partial charge in [0.15, 0.2) is 0 Å². The van der Waals surface area contributed by atoms with Crippen LogP contribution in [0.2, 0.25) is 0 Å². The number of aryl methyl sites for hydroxylation is 3. The Bertz CT molecular complexity index is 840. The zero-order chi connectivity index (χ0) is 18.2. The van der Waals surface area contributed by atoms with Gasteiger partial charge in [-0.25, -0.2) is 8.42 Å². The number of piperazine rings is 1. The van der Waals surface area contributed by atoms with Crippen molar-refractivity contribution in [2.75, 3.05) is 26.7 Å². The molecule has 0 saturated carbocycles. The van der Waals surface area contributed by atoms with Crippen LogP contribution in [0.3, 0.4) is 0 Å². The van der Waals surface area contributed by atoms with Gasteiger partial charge in [-0.3, -0.25) is 0 Å². The van der Waals surface area contributed by atoms with Gasteiger partial charge in [-0.2, -0.15) is 4.31 Å². The van der Waals surface area contributed by atoms with E-state index in [-0.39, 0.29) is 6.04 Å². The molecule has 4 nitrogen and oxygen atoms in total. The van der Waals surface area contributed by atoms with Crippen molar-refractivity contribution < 1.29 is 8.42 Å².